The van der Waals surface area contributed by atoms with Crippen molar-refractivity contribution in [3.05, 3.63) is 38.5 Å². The SMILES string of the molecule is CCCc1nc(C(=O)N2CCC(C(O)c3cccs3)CC2)cs1. The predicted octanol–water partition coefficient (Wildman–Crippen LogP) is 3.74. The fourth-order valence-electron chi connectivity index (χ4n) is 3.01. The Balaban J connectivity index is 1.56. The molecule has 3 heterocycles. The molecule has 0 aliphatic carbocycles. The summed E-state index contributed by atoms with van der Waals surface area (Å²) in [6.45, 7) is 3.52. The van der Waals surface area contributed by atoms with E-state index in [2.05, 4.69) is 11.9 Å². The van der Waals surface area contributed by atoms with Crippen LogP contribution < -0.4 is 0 Å². The molecule has 1 unspecified atom stereocenters. The molecule has 0 aromatic carbocycles. The Labute approximate surface area is 144 Å². The van der Waals surface area contributed by atoms with Gasteiger partial charge in [-0.3, -0.25) is 4.79 Å². The van der Waals surface area contributed by atoms with Crippen LogP contribution in [0.1, 0.15) is 52.7 Å². The minimum atomic E-state index is -0.400. The van der Waals surface area contributed by atoms with Gasteiger partial charge in [-0.15, -0.1) is 22.7 Å². The highest BCUT2D eigenvalue weighted by Crippen LogP contribution is 2.33. The third-order valence-electron chi connectivity index (χ3n) is 4.34. The Morgan fingerprint density at radius 1 is 1.43 bits per heavy atom. The molecule has 0 radical (unpaired) electrons. The lowest BCUT2D eigenvalue weighted by molar-refractivity contribution is 0.0470. The topological polar surface area (TPSA) is 53.4 Å². The maximum Gasteiger partial charge on any atom is 0.273 e. The van der Waals surface area contributed by atoms with Gasteiger partial charge in [0.25, 0.3) is 5.91 Å². The molecule has 1 aliphatic heterocycles. The van der Waals surface area contributed by atoms with E-state index in [4.69, 9.17) is 0 Å². The highest BCUT2D eigenvalue weighted by Gasteiger charge is 2.29. The summed E-state index contributed by atoms with van der Waals surface area (Å²) >= 11 is 3.17. The first-order valence-electron chi connectivity index (χ1n) is 8.14. The zero-order valence-electron chi connectivity index (χ0n) is 13.3. The van der Waals surface area contributed by atoms with Crippen LogP contribution in [0.2, 0.25) is 0 Å². The molecule has 0 bridgehead atoms. The average molecular weight is 351 g/mol. The van der Waals surface area contributed by atoms with E-state index in [0.29, 0.717) is 18.8 Å². The number of aliphatic hydroxyl groups excluding tert-OH is 1. The summed E-state index contributed by atoms with van der Waals surface area (Å²) < 4.78 is 0. The van der Waals surface area contributed by atoms with Crippen LogP contribution in [-0.2, 0) is 6.42 Å². The van der Waals surface area contributed by atoms with Crippen molar-refractivity contribution in [3.8, 4) is 0 Å². The van der Waals surface area contributed by atoms with Crippen molar-refractivity contribution in [2.45, 2.75) is 38.7 Å². The van der Waals surface area contributed by atoms with Gasteiger partial charge in [0, 0.05) is 23.3 Å². The monoisotopic (exact) mass is 350 g/mol. The molecule has 6 heteroatoms. The van der Waals surface area contributed by atoms with E-state index in [1.807, 2.05) is 27.8 Å². The Morgan fingerprint density at radius 2 is 2.22 bits per heavy atom. The molecule has 3 rings (SSSR count). The second-order valence-electron chi connectivity index (χ2n) is 5.97. The van der Waals surface area contributed by atoms with Crippen LogP contribution in [0.15, 0.2) is 22.9 Å². The van der Waals surface area contributed by atoms with Crippen LogP contribution in [-0.4, -0.2) is 34.0 Å². The van der Waals surface area contributed by atoms with Gasteiger partial charge in [-0.05, 0) is 43.0 Å². The van der Waals surface area contributed by atoms with Gasteiger partial charge in [-0.25, -0.2) is 4.98 Å². The highest BCUT2D eigenvalue weighted by molar-refractivity contribution is 7.10. The number of thiazole rings is 1. The summed E-state index contributed by atoms with van der Waals surface area (Å²) in [5, 5.41) is 15.3. The number of aromatic nitrogens is 1. The van der Waals surface area contributed by atoms with Crippen molar-refractivity contribution < 1.29 is 9.90 Å². The summed E-state index contributed by atoms with van der Waals surface area (Å²) in [7, 11) is 0. The van der Waals surface area contributed by atoms with Crippen LogP contribution in [0.4, 0.5) is 0 Å². The maximum atomic E-state index is 12.5. The normalized spacial score (nSPS) is 17.4. The average Bonchev–Trinajstić information content (AvgIpc) is 3.26. The molecule has 2 aromatic heterocycles. The summed E-state index contributed by atoms with van der Waals surface area (Å²) in [4.78, 5) is 19.9. The number of nitrogens with zero attached hydrogens (tertiary/aromatic N) is 2. The fraction of sp³-hybridized carbons (Fsp3) is 0.529. The molecule has 2 aromatic rings. The third-order valence-corrected chi connectivity index (χ3v) is 6.19. The molecule has 0 saturated carbocycles. The summed E-state index contributed by atoms with van der Waals surface area (Å²) in [5.41, 5.74) is 0.579. The number of aliphatic hydroxyl groups is 1. The smallest absolute Gasteiger partial charge is 0.273 e. The lowest BCUT2D eigenvalue weighted by Crippen LogP contribution is -2.39. The van der Waals surface area contributed by atoms with Crippen LogP contribution in [0.5, 0.6) is 0 Å². The van der Waals surface area contributed by atoms with Crippen molar-refractivity contribution in [1.29, 1.82) is 0 Å². The molecule has 1 aliphatic rings. The molecule has 1 fully saturated rings. The number of rotatable bonds is 5. The second kappa shape index (κ2) is 7.55. The van der Waals surface area contributed by atoms with Crippen LogP contribution in [0, 0.1) is 5.92 Å². The molecule has 0 spiro atoms. The lowest BCUT2D eigenvalue weighted by Gasteiger charge is -2.33. The van der Waals surface area contributed by atoms with Gasteiger partial charge >= 0.3 is 0 Å². The minimum absolute atomic E-state index is 0.0349. The standard InChI is InChI=1S/C17H22N2O2S2/c1-2-4-15-18-13(11-23-15)17(21)19-8-6-12(7-9-19)16(20)14-5-3-10-22-14/h3,5,10-12,16,20H,2,4,6-9H2,1H3. The maximum absolute atomic E-state index is 12.5. The quantitative estimate of drug-likeness (QED) is 0.894. The lowest BCUT2D eigenvalue weighted by atomic mass is 9.90. The Hall–Kier alpha value is -1.24. The summed E-state index contributed by atoms with van der Waals surface area (Å²) in [6.07, 6.45) is 3.27. The number of carbonyl (C=O) groups is 1. The Morgan fingerprint density at radius 3 is 2.87 bits per heavy atom. The first kappa shape index (κ1) is 16.6. The molecular weight excluding hydrogens is 328 g/mol. The van der Waals surface area contributed by atoms with E-state index in [1.165, 1.54) is 0 Å². The number of thiophene rings is 1. The van der Waals surface area contributed by atoms with Crippen LogP contribution >= 0.6 is 22.7 Å². The number of carbonyl (C=O) groups excluding carboxylic acids is 1. The fourth-order valence-corrected chi connectivity index (χ4v) is 4.69. The van der Waals surface area contributed by atoms with Gasteiger partial charge in [-0.1, -0.05) is 13.0 Å². The first-order valence-corrected chi connectivity index (χ1v) is 9.90. The minimum Gasteiger partial charge on any atom is -0.387 e. The molecule has 1 saturated heterocycles. The van der Waals surface area contributed by atoms with Crippen molar-refractivity contribution >= 4 is 28.6 Å². The predicted molar refractivity (Wildman–Crippen MR) is 94.0 cm³/mol. The summed E-state index contributed by atoms with van der Waals surface area (Å²) in [6, 6.07) is 3.95. The Kier molecular flexibility index (Phi) is 5.46. The van der Waals surface area contributed by atoms with Gasteiger partial charge in [0.2, 0.25) is 0 Å². The third kappa shape index (κ3) is 3.82. The van der Waals surface area contributed by atoms with Gasteiger partial charge in [0.15, 0.2) is 0 Å². The molecule has 124 valence electrons. The number of hydrogen-bond donors (Lipinski definition) is 1. The number of aryl methyl sites for hydroxylation is 1. The van der Waals surface area contributed by atoms with E-state index in [9.17, 15) is 9.90 Å². The van der Waals surface area contributed by atoms with E-state index in [-0.39, 0.29) is 11.8 Å². The van der Waals surface area contributed by atoms with Crippen molar-refractivity contribution in [3.63, 3.8) is 0 Å². The van der Waals surface area contributed by atoms with E-state index in [0.717, 1.165) is 35.6 Å². The zero-order valence-corrected chi connectivity index (χ0v) is 14.9. The van der Waals surface area contributed by atoms with Crippen molar-refractivity contribution in [2.75, 3.05) is 13.1 Å². The van der Waals surface area contributed by atoms with Gasteiger partial charge in [0.05, 0.1) is 11.1 Å². The largest absolute Gasteiger partial charge is 0.387 e. The first-order chi connectivity index (χ1) is 11.2. The van der Waals surface area contributed by atoms with E-state index >= 15 is 0 Å². The number of amides is 1. The van der Waals surface area contributed by atoms with Gasteiger partial charge in [0.1, 0.15) is 5.69 Å². The van der Waals surface area contributed by atoms with E-state index < -0.39 is 6.10 Å². The molecular formula is C17H22N2O2S2. The molecule has 23 heavy (non-hydrogen) atoms. The van der Waals surface area contributed by atoms with Crippen molar-refractivity contribution in [2.24, 2.45) is 5.92 Å². The number of likely N-dealkylation sites (tertiary alicyclic amines) is 1. The second-order valence-corrected chi connectivity index (χ2v) is 7.89. The summed E-state index contributed by atoms with van der Waals surface area (Å²) in [5.74, 6) is 0.274. The van der Waals surface area contributed by atoms with Crippen LogP contribution in [0.3, 0.4) is 0 Å². The molecule has 1 N–H and O–H groups in total. The van der Waals surface area contributed by atoms with Crippen molar-refractivity contribution in [1.82, 2.24) is 9.88 Å². The van der Waals surface area contributed by atoms with E-state index in [1.54, 1.807) is 22.7 Å². The molecule has 4 nitrogen and oxygen atoms in total. The number of hydrogen-bond acceptors (Lipinski definition) is 5. The van der Waals surface area contributed by atoms with Gasteiger partial charge in [-0.2, -0.15) is 0 Å². The van der Waals surface area contributed by atoms with Crippen LogP contribution in [0.25, 0.3) is 0 Å². The molecule has 1 atom stereocenters. The molecule has 1 amide bonds. The number of piperidine rings is 1. The Bertz CT molecular complexity index is 631. The highest BCUT2D eigenvalue weighted by atomic mass is 32.1. The van der Waals surface area contributed by atoms with Gasteiger partial charge < -0.3 is 10.0 Å². The zero-order chi connectivity index (χ0) is 16.2.